The van der Waals surface area contributed by atoms with Crippen molar-refractivity contribution in [3.63, 3.8) is 0 Å². The van der Waals surface area contributed by atoms with Crippen LogP contribution in [0, 0.1) is 5.82 Å². The Morgan fingerprint density at radius 2 is 2.10 bits per heavy atom. The molecule has 1 unspecified atom stereocenters. The smallest absolute Gasteiger partial charge is 0.126 e. The van der Waals surface area contributed by atoms with Crippen molar-refractivity contribution in [2.75, 3.05) is 13.2 Å². The fourth-order valence-electron chi connectivity index (χ4n) is 2.86. The van der Waals surface area contributed by atoms with E-state index in [1.165, 1.54) is 17.2 Å². The molecule has 21 heavy (non-hydrogen) atoms. The summed E-state index contributed by atoms with van der Waals surface area (Å²) in [6.07, 6.45) is 1.61. The van der Waals surface area contributed by atoms with E-state index in [4.69, 9.17) is 4.74 Å². The van der Waals surface area contributed by atoms with Crippen LogP contribution in [0.2, 0.25) is 0 Å². The van der Waals surface area contributed by atoms with Crippen LogP contribution < -0.4 is 10.1 Å². The van der Waals surface area contributed by atoms with Gasteiger partial charge in [0.15, 0.2) is 0 Å². The third-order valence-corrected chi connectivity index (χ3v) is 3.95. The van der Waals surface area contributed by atoms with Crippen LogP contribution in [0.25, 0.3) is 0 Å². The predicted molar refractivity (Wildman–Crippen MR) is 82.2 cm³/mol. The standard InChI is InChI=1S/C18H20FNO/c1-2-20-17(12-13-5-3-4-6-16(13)19)14-7-8-18-15(11-14)9-10-21-18/h3-8,11,17,20H,2,9-10,12H2,1H3. The topological polar surface area (TPSA) is 21.3 Å². The highest BCUT2D eigenvalue weighted by Gasteiger charge is 2.17. The van der Waals surface area contributed by atoms with Crippen LogP contribution >= 0.6 is 0 Å². The van der Waals surface area contributed by atoms with E-state index in [2.05, 4.69) is 24.4 Å². The molecular formula is C18H20FNO. The molecule has 2 nitrogen and oxygen atoms in total. The summed E-state index contributed by atoms with van der Waals surface area (Å²) < 4.78 is 19.4. The Hall–Kier alpha value is -1.87. The van der Waals surface area contributed by atoms with Crippen molar-refractivity contribution >= 4 is 0 Å². The first kappa shape index (κ1) is 14.1. The van der Waals surface area contributed by atoms with E-state index in [1.54, 1.807) is 6.07 Å². The molecule has 0 radical (unpaired) electrons. The molecule has 0 aromatic heterocycles. The summed E-state index contributed by atoms with van der Waals surface area (Å²) >= 11 is 0. The molecule has 0 saturated carbocycles. The fraction of sp³-hybridized carbons (Fsp3) is 0.333. The highest BCUT2D eigenvalue weighted by atomic mass is 19.1. The Balaban J connectivity index is 1.86. The molecular weight excluding hydrogens is 265 g/mol. The number of ether oxygens (including phenoxy) is 1. The molecule has 0 saturated heterocycles. The van der Waals surface area contributed by atoms with Gasteiger partial charge in [-0.2, -0.15) is 0 Å². The molecule has 2 aromatic carbocycles. The molecule has 0 amide bonds. The number of halogens is 1. The molecule has 1 aliphatic rings. The van der Waals surface area contributed by atoms with Gasteiger partial charge in [-0.25, -0.2) is 4.39 Å². The first-order valence-corrected chi connectivity index (χ1v) is 7.50. The Morgan fingerprint density at radius 3 is 2.90 bits per heavy atom. The van der Waals surface area contributed by atoms with E-state index < -0.39 is 0 Å². The maximum absolute atomic E-state index is 13.9. The molecule has 1 atom stereocenters. The average Bonchev–Trinajstić information content (AvgIpc) is 2.96. The van der Waals surface area contributed by atoms with E-state index in [1.807, 2.05) is 18.2 Å². The highest BCUT2D eigenvalue weighted by Crippen LogP contribution is 2.29. The number of fused-ring (bicyclic) bond motifs is 1. The minimum atomic E-state index is -0.134. The Kier molecular flexibility index (Phi) is 4.20. The maximum Gasteiger partial charge on any atom is 0.126 e. The van der Waals surface area contributed by atoms with E-state index >= 15 is 0 Å². The molecule has 3 heteroatoms. The molecule has 2 aromatic rings. The molecule has 110 valence electrons. The van der Waals surface area contributed by atoms with Crippen LogP contribution in [0.3, 0.4) is 0 Å². The summed E-state index contributed by atoms with van der Waals surface area (Å²) in [5.74, 6) is 0.852. The average molecular weight is 285 g/mol. The molecule has 1 N–H and O–H groups in total. The van der Waals surface area contributed by atoms with Gasteiger partial charge in [0.2, 0.25) is 0 Å². The molecule has 0 aliphatic carbocycles. The third-order valence-electron chi connectivity index (χ3n) is 3.95. The second-order valence-electron chi connectivity index (χ2n) is 5.37. The van der Waals surface area contributed by atoms with E-state index in [0.29, 0.717) is 6.42 Å². The first-order valence-electron chi connectivity index (χ1n) is 7.50. The van der Waals surface area contributed by atoms with Crippen molar-refractivity contribution in [2.45, 2.75) is 25.8 Å². The van der Waals surface area contributed by atoms with Gasteiger partial charge in [0.1, 0.15) is 11.6 Å². The zero-order valence-electron chi connectivity index (χ0n) is 12.2. The molecule has 0 fully saturated rings. The van der Waals surface area contributed by atoms with E-state index in [0.717, 1.165) is 30.9 Å². The van der Waals surface area contributed by atoms with Gasteiger partial charge in [0, 0.05) is 12.5 Å². The quantitative estimate of drug-likeness (QED) is 0.905. The van der Waals surface area contributed by atoms with Gasteiger partial charge in [-0.3, -0.25) is 0 Å². The summed E-state index contributed by atoms with van der Waals surface area (Å²) in [6.45, 7) is 3.69. The second-order valence-corrected chi connectivity index (χ2v) is 5.37. The van der Waals surface area contributed by atoms with Crippen LogP contribution in [0.15, 0.2) is 42.5 Å². The maximum atomic E-state index is 13.9. The second kappa shape index (κ2) is 6.27. The van der Waals surface area contributed by atoms with Gasteiger partial charge in [-0.15, -0.1) is 0 Å². The van der Waals surface area contributed by atoms with Gasteiger partial charge in [0.05, 0.1) is 6.61 Å². The van der Waals surface area contributed by atoms with Crippen LogP contribution in [0.4, 0.5) is 4.39 Å². The Bertz CT molecular complexity index is 626. The van der Waals surface area contributed by atoms with Gasteiger partial charge in [0.25, 0.3) is 0 Å². The van der Waals surface area contributed by atoms with Crippen LogP contribution in [0.5, 0.6) is 5.75 Å². The highest BCUT2D eigenvalue weighted by molar-refractivity contribution is 5.41. The lowest BCUT2D eigenvalue weighted by Crippen LogP contribution is -2.23. The lowest BCUT2D eigenvalue weighted by atomic mass is 9.96. The van der Waals surface area contributed by atoms with Crippen molar-refractivity contribution < 1.29 is 9.13 Å². The Morgan fingerprint density at radius 1 is 1.24 bits per heavy atom. The lowest BCUT2D eigenvalue weighted by Gasteiger charge is -2.19. The van der Waals surface area contributed by atoms with E-state index in [9.17, 15) is 4.39 Å². The fourth-order valence-corrected chi connectivity index (χ4v) is 2.86. The van der Waals surface area contributed by atoms with Crippen molar-refractivity contribution in [3.8, 4) is 5.75 Å². The van der Waals surface area contributed by atoms with Crippen LogP contribution in [-0.4, -0.2) is 13.2 Å². The SMILES string of the molecule is CCNC(Cc1ccccc1F)c1ccc2c(c1)CCO2. The minimum Gasteiger partial charge on any atom is -0.493 e. The van der Waals surface area contributed by atoms with Gasteiger partial charge < -0.3 is 10.1 Å². The zero-order chi connectivity index (χ0) is 14.7. The molecule has 0 spiro atoms. The first-order chi connectivity index (χ1) is 10.3. The minimum absolute atomic E-state index is 0.123. The number of rotatable bonds is 5. The number of hydrogen-bond acceptors (Lipinski definition) is 2. The predicted octanol–water partition coefficient (Wildman–Crippen LogP) is 3.65. The number of nitrogens with one attached hydrogen (secondary N) is 1. The summed E-state index contributed by atoms with van der Waals surface area (Å²) in [5.41, 5.74) is 3.20. The summed E-state index contributed by atoms with van der Waals surface area (Å²) in [4.78, 5) is 0. The summed E-state index contributed by atoms with van der Waals surface area (Å²) in [5, 5.41) is 3.46. The molecule has 1 aliphatic heterocycles. The third kappa shape index (κ3) is 3.08. The summed E-state index contributed by atoms with van der Waals surface area (Å²) in [6, 6.07) is 13.4. The number of benzene rings is 2. The van der Waals surface area contributed by atoms with E-state index in [-0.39, 0.29) is 11.9 Å². The van der Waals surface area contributed by atoms with Crippen molar-refractivity contribution in [1.82, 2.24) is 5.32 Å². The normalized spacial score (nSPS) is 14.6. The largest absolute Gasteiger partial charge is 0.493 e. The van der Waals surface area contributed by atoms with Gasteiger partial charge in [-0.05, 0) is 41.8 Å². The number of likely N-dealkylation sites (N-methyl/N-ethyl adjacent to an activating group) is 1. The van der Waals surface area contributed by atoms with Crippen LogP contribution in [0.1, 0.15) is 29.7 Å². The van der Waals surface area contributed by atoms with Crippen molar-refractivity contribution in [3.05, 3.63) is 65.0 Å². The molecule has 0 bridgehead atoms. The van der Waals surface area contributed by atoms with Gasteiger partial charge in [-0.1, -0.05) is 37.3 Å². The van der Waals surface area contributed by atoms with Crippen molar-refractivity contribution in [1.29, 1.82) is 0 Å². The molecule has 1 heterocycles. The Labute approximate surface area is 125 Å². The zero-order valence-corrected chi connectivity index (χ0v) is 12.2. The van der Waals surface area contributed by atoms with Gasteiger partial charge >= 0.3 is 0 Å². The van der Waals surface area contributed by atoms with Crippen LogP contribution in [-0.2, 0) is 12.8 Å². The van der Waals surface area contributed by atoms with Crippen molar-refractivity contribution in [2.24, 2.45) is 0 Å². The number of hydrogen-bond donors (Lipinski definition) is 1. The lowest BCUT2D eigenvalue weighted by molar-refractivity contribution is 0.356. The molecule has 3 rings (SSSR count). The monoisotopic (exact) mass is 285 g/mol. The summed E-state index contributed by atoms with van der Waals surface area (Å²) in [7, 11) is 0.